The molecule has 0 bridgehead atoms. The predicted octanol–water partition coefficient (Wildman–Crippen LogP) is 2.20. The fourth-order valence-corrected chi connectivity index (χ4v) is 3.05. The molecule has 0 atom stereocenters. The summed E-state index contributed by atoms with van der Waals surface area (Å²) >= 11 is 0. The number of nitrogens with zero attached hydrogens (tertiary/aromatic N) is 2. The highest BCUT2D eigenvalue weighted by Gasteiger charge is 2.27. The van der Waals surface area contributed by atoms with Gasteiger partial charge in [0.25, 0.3) is 5.91 Å². The Bertz CT molecular complexity index is 839. The van der Waals surface area contributed by atoms with Crippen molar-refractivity contribution in [3.8, 4) is 5.75 Å². The Morgan fingerprint density at radius 3 is 3.04 bits per heavy atom. The third-order valence-electron chi connectivity index (χ3n) is 4.50. The van der Waals surface area contributed by atoms with Crippen molar-refractivity contribution in [1.82, 2.24) is 9.78 Å². The van der Waals surface area contributed by atoms with Gasteiger partial charge in [-0.05, 0) is 37.0 Å². The molecule has 1 aliphatic heterocycles. The van der Waals surface area contributed by atoms with E-state index in [-0.39, 0.29) is 18.4 Å². The lowest BCUT2D eigenvalue weighted by atomic mass is 10.1. The summed E-state index contributed by atoms with van der Waals surface area (Å²) in [6.07, 6.45) is 3.33. The number of hydrogen-bond donors (Lipinski definition) is 2. The van der Waals surface area contributed by atoms with Crippen molar-refractivity contribution in [2.45, 2.75) is 31.6 Å². The molecular formula is C18H20N4O3. The predicted molar refractivity (Wildman–Crippen MR) is 92.7 cm³/mol. The monoisotopic (exact) mass is 340 g/mol. The van der Waals surface area contributed by atoms with E-state index in [1.165, 1.54) is 18.5 Å². The maximum absolute atomic E-state index is 12.2. The van der Waals surface area contributed by atoms with Gasteiger partial charge in [0, 0.05) is 31.1 Å². The van der Waals surface area contributed by atoms with Crippen molar-refractivity contribution >= 4 is 23.3 Å². The molecule has 1 fully saturated rings. The number of carbonyl (C=O) groups excluding carboxylic acids is 2. The van der Waals surface area contributed by atoms with Crippen molar-refractivity contribution in [1.29, 1.82) is 0 Å². The van der Waals surface area contributed by atoms with Crippen LogP contribution in [0, 0.1) is 0 Å². The zero-order valence-electron chi connectivity index (χ0n) is 14.0. The molecule has 1 saturated carbocycles. The minimum absolute atomic E-state index is 0.0433. The number of aryl methyl sites for hydroxylation is 2. The van der Waals surface area contributed by atoms with Gasteiger partial charge in [-0.1, -0.05) is 6.07 Å². The van der Waals surface area contributed by atoms with Crippen LogP contribution in [0.3, 0.4) is 0 Å². The molecule has 2 amide bonds. The van der Waals surface area contributed by atoms with Gasteiger partial charge in [-0.25, -0.2) is 0 Å². The molecule has 2 aliphatic rings. The standard InChI is InChI=1S/C18H20N4O3/c1-22-14(12-4-5-12)9-16(21-22)20-17(23)7-3-11-2-6-15-13(8-11)19-18(24)10-25-15/h2,6,8-9,12H,3-5,7,10H2,1H3,(H,19,24)(H,20,21,23). The third-order valence-corrected chi connectivity index (χ3v) is 4.50. The Morgan fingerprint density at radius 2 is 2.24 bits per heavy atom. The Labute approximate surface area is 145 Å². The summed E-state index contributed by atoms with van der Waals surface area (Å²) in [5.41, 5.74) is 2.81. The van der Waals surface area contributed by atoms with E-state index in [9.17, 15) is 9.59 Å². The van der Waals surface area contributed by atoms with E-state index in [0.29, 0.717) is 36.0 Å². The highest BCUT2D eigenvalue weighted by Crippen LogP contribution is 2.40. The third kappa shape index (κ3) is 3.50. The Balaban J connectivity index is 1.35. The Hall–Kier alpha value is -2.83. The lowest BCUT2D eigenvalue weighted by molar-refractivity contribution is -0.118. The zero-order chi connectivity index (χ0) is 17.4. The quantitative estimate of drug-likeness (QED) is 0.874. The molecular weight excluding hydrogens is 320 g/mol. The van der Waals surface area contributed by atoms with Gasteiger partial charge in [0.1, 0.15) is 5.75 Å². The van der Waals surface area contributed by atoms with Gasteiger partial charge in [-0.15, -0.1) is 0 Å². The van der Waals surface area contributed by atoms with E-state index in [0.717, 1.165) is 5.56 Å². The molecule has 25 heavy (non-hydrogen) atoms. The molecule has 130 valence electrons. The average molecular weight is 340 g/mol. The van der Waals surface area contributed by atoms with Crippen LogP contribution in [0.5, 0.6) is 5.75 Å². The summed E-state index contributed by atoms with van der Waals surface area (Å²) in [7, 11) is 1.91. The average Bonchev–Trinajstić information content (AvgIpc) is 3.36. The first-order valence-electron chi connectivity index (χ1n) is 8.48. The smallest absolute Gasteiger partial charge is 0.262 e. The lowest BCUT2D eigenvalue weighted by Crippen LogP contribution is -2.25. The van der Waals surface area contributed by atoms with E-state index >= 15 is 0 Å². The number of benzene rings is 1. The van der Waals surface area contributed by atoms with Crippen LogP contribution in [0.2, 0.25) is 0 Å². The topological polar surface area (TPSA) is 85.3 Å². The van der Waals surface area contributed by atoms with Gasteiger partial charge in [0.05, 0.1) is 5.69 Å². The summed E-state index contributed by atoms with van der Waals surface area (Å²) in [5.74, 6) is 1.63. The van der Waals surface area contributed by atoms with Crippen LogP contribution in [0.25, 0.3) is 0 Å². The summed E-state index contributed by atoms with van der Waals surface area (Å²) in [4.78, 5) is 23.6. The van der Waals surface area contributed by atoms with Crippen molar-refractivity contribution in [2.24, 2.45) is 7.05 Å². The molecule has 7 nitrogen and oxygen atoms in total. The largest absolute Gasteiger partial charge is 0.482 e. The number of rotatable bonds is 5. The lowest BCUT2D eigenvalue weighted by Gasteiger charge is -2.18. The second-order valence-corrected chi connectivity index (χ2v) is 6.57. The number of carbonyl (C=O) groups is 2. The molecule has 0 saturated heterocycles. The summed E-state index contributed by atoms with van der Waals surface area (Å²) < 4.78 is 7.18. The van der Waals surface area contributed by atoms with Crippen molar-refractivity contribution in [3.05, 3.63) is 35.5 Å². The maximum atomic E-state index is 12.2. The number of hydrogen-bond acceptors (Lipinski definition) is 4. The summed E-state index contributed by atoms with van der Waals surface area (Å²) in [6.45, 7) is 0.0433. The molecule has 7 heteroatoms. The summed E-state index contributed by atoms with van der Waals surface area (Å²) in [6, 6.07) is 7.55. The molecule has 2 N–H and O–H groups in total. The van der Waals surface area contributed by atoms with Gasteiger partial charge < -0.3 is 15.4 Å². The molecule has 0 radical (unpaired) electrons. The molecule has 0 unspecified atom stereocenters. The van der Waals surface area contributed by atoms with Crippen LogP contribution in [0.4, 0.5) is 11.5 Å². The first kappa shape index (κ1) is 15.7. The minimum atomic E-state index is -0.163. The molecule has 1 aromatic heterocycles. The van der Waals surface area contributed by atoms with Gasteiger partial charge in [0.2, 0.25) is 5.91 Å². The molecule has 1 aliphatic carbocycles. The van der Waals surface area contributed by atoms with Gasteiger partial charge >= 0.3 is 0 Å². The van der Waals surface area contributed by atoms with E-state index in [1.807, 2.05) is 36.0 Å². The van der Waals surface area contributed by atoms with Gasteiger partial charge in [-0.2, -0.15) is 5.10 Å². The number of aromatic nitrogens is 2. The van der Waals surface area contributed by atoms with Crippen LogP contribution in [0.15, 0.2) is 24.3 Å². The molecule has 2 heterocycles. The normalized spacial score (nSPS) is 16.0. The first-order chi connectivity index (χ1) is 12.1. The SMILES string of the molecule is Cn1nc(NC(=O)CCc2ccc3c(c2)NC(=O)CO3)cc1C1CC1. The number of anilines is 2. The van der Waals surface area contributed by atoms with Crippen molar-refractivity contribution in [2.75, 3.05) is 17.2 Å². The zero-order valence-corrected chi connectivity index (χ0v) is 14.0. The molecule has 2 aromatic rings. The highest BCUT2D eigenvalue weighted by molar-refractivity contribution is 5.95. The van der Waals surface area contributed by atoms with Crippen LogP contribution in [-0.2, 0) is 23.1 Å². The van der Waals surface area contributed by atoms with Crippen molar-refractivity contribution in [3.63, 3.8) is 0 Å². The number of ether oxygens (including phenoxy) is 1. The second-order valence-electron chi connectivity index (χ2n) is 6.57. The van der Waals surface area contributed by atoms with E-state index in [4.69, 9.17) is 4.74 Å². The molecule has 4 rings (SSSR count). The Morgan fingerprint density at radius 1 is 1.40 bits per heavy atom. The molecule has 1 aromatic carbocycles. The van der Waals surface area contributed by atoms with Crippen LogP contribution in [0.1, 0.15) is 36.4 Å². The van der Waals surface area contributed by atoms with Crippen LogP contribution in [-0.4, -0.2) is 28.2 Å². The number of fused-ring (bicyclic) bond motifs is 1. The Kier molecular flexibility index (Phi) is 3.91. The van der Waals surface area contributed by atoms with Crippen LogP contribution < -0.4 is 15.4 Å². The van der Waals surface area contributed by atoms with E-state index in [2.05, 4.69) is 15.7 Å². The minimum Gasteiger partial charge on any atom is -0.482 e. The van der Waals surface area contributed by atoms with E-state index < -0.39 is 0 Å². The summed E-state index contributed by atoms with van der Waals surface area (Å²) in [5, 5.41) is 9.99. The number of amides is 2. The van der Waals surface area contributed by atoms with E-state index in [1.54, 1.807) is 0 Å². The van der Waals surface area contributed by atoms with Gasteiger partial charge in [0.15, 0.2) is 12.4 Å². The van der Waals surface area contributed by atoms with Gasteiger partial charge in [-0.3, -0.25) is 14.3 Å². The first-order valence-corrected chi connectivity index (χ1v) is 8.48. The fourth-order valence-electron chi connectivity index (χ4n) is 3.05. The van der Waals surface area contributed by atoms with Crippen LogP contribution >= 0.6 is 0 Å². The number of nitrogens with one attached hydrogen (secondary N) is 2. The second kappa shape index (κ2) is 6.23. The fraction of sp³-hybridized carbons (Fsp3) is 0.389. The highest BCUT2D eigenvalue weighted by atomic mass is 16.5. The van der Waals surface area contributed by atoms with Crippen molar-refractivity contribution < 1.29 is 14.3 Å². The maximum Gasteiger partial charge on any atom is 0.262 e. The molecule has 0 spiro atoms.